The first kappa shape index (κ1) is 26.0. The van der Waals surface area contributed by atoms with Gasteiger partial charge in [-0.15, -0.1) is 0 Å². The summed E-state index contributed by atoms with van der Waals surface area (Å²) in [5, 5.41) is 17.6. The van der Waals surface area contributed by atoms with Gasteiger partial charge in [0, 0.05) is 12.0 Å². The second-order valence-electron chi connectivity index (χ2n) is 8.89. The van der Waals surface area contributed by atoms with Gasteiger partial charge in [-0.3, -0.25) is 14.3 Å². The summed E-state index contributed by atoms with van der Waals surface area (Å²) in [7, 11) is 0. The summed E-state index contributed by atoms with van der Waals surface area (Å²) in [4.78, 5) is 25.2. The lowest BCUT2D eigenvalue weighted by molar-refractivity contribution is -0.137. The van der Waals surface area contributed by atoms with Crippen LogP contribution in [0.15, 0.2) is 53.5 Å². The fourth-order valence-electron chi connectivity index (χ4n) is 4.59. The normalized spacial score (nSPS) is 15.1. The molecule has 190 valence electrons. The number of hydrogen-bond donors (Lipinski definition) is 2. The van der Waals surface area contributed by atoms with Crippen LogP contribution in [0.1, 0.15) is 52.9 Å². The minimum absolute atomic E-state index is 0.0284. The summed E-state index contributed by atoms with van der Waals surface area (Å²) < 4.78 is 41.3. The van der Waals surface area contributed by atoms with Crippen molar-refractivity contribution in [2.75, 3.05) is 0 Å². The zero-order valence-corrected chi connectivity index (χ0v) is 20.4. The number of alkyl halides is 3. The first-order valence-electron chi connectivity index (χ1n) is 11.2. The largest absolute Gasteiger partial charge is 0.503 e. The summed E-state index contributed by atoms with van der Waals surface area (Å²) in [5.74, 6) is -1.49. The first-order chi connectivity index (χ1) is 17.0. The fraction of sp³-hybridized carbons (Fsp3) is 0.320. The molecule has 1 heterocycles. The molecule has 1 aliphatic carbocycles. The van der Waals surface area contributed by atoms with Gasteiger partial charge in [-0.1, -0.05) is 60.3 Å². The zero-order valence-electron chi connectivity index (χ0n) is 18.9. The lowest BCUT2D eigenvalue weighted by atomic mass is 9.78. The van der Waals surface area contributed by atoms with Crippen LogP contribution in [-0.2, 0) is 24.7 Å². The molecule has 1 fully saturated rings. The number of carbonyl (C=O) groups is 1. The Kier molecular flexibility index (Phi) is 7.33. The number of aromatic hydroxyl groups is 1. The Balaban J connectivity index is 1.61. The van der Waals surface area contributed by atoms with E-state index in [9.17, 15) is 27.9 Å². The molecule has 0 radical (unpaired) electrons. The monoisotopic (exact) mass is 539 g/mol. The van der Waals surface area contributed by atoms with Crippen LogP contribution in [0.25, 0.3) is 0 Å². The average molecular weight is 540 g/mol. The van der Waals surface area contributed by atoms with Crippen LogP contribution in [0.3, 0.4) is 0 Å². The SMILES string of the molecule is O=C(NCc1ccc(Cl)c(Cl)c1)c1nn(CC2(c3cccc(C(F)(F)F)c3)CCCC2)cc(O)c1=O. The molecular formula is C25H22Cl2F3N3O3. The van der Waals surface area contributed by atoms with Gasteiger partial charge in [-0.2, -0.15) is 18.3 Å². The lowest BCUT2D eigenvalue weighted by Gasteiger charge is -2.31. The Bertz CT molecular complexity index is 1350. The Morgan fingerprint density at radius 1 is 1.11 bits per heavy atom. The van der Waals surface area contributed by atoms with Crippen LogP contribution in [0.4, 0.5) is 13.2 Å². The van der Waals surface area contributed by atoms with Crippen LogP contribution >= 0.6 is 23.2 Å². The van der Waals surface area contributed by atoms with E-state index in [0.29, 0.717) is 34.0 Å². The molecule has 3 aromatic rings. The van der Waals surface area contributed by atoms with E-state index in [0.717, 1.165) is 31.2 Å². The first-order valence-corrected chi connectivity index (χ1v) is 11.9. The third-order valence-electron chi connectivity index (χ3n) is 6.43. The highest BCUT2D eigenvalue weighted by Gasteiger charge is 2.39. The topological polar surface area (TPSA) is 84.2 Å². The summed E-state index contributed by atoms with van der Waals surface area (Å²) in [5.41, 5.74) is -1.77. The molecule has 4 rings (SSSR count). The van der Waals surface area contributed by atoms with Crippen molar-refractivity contribution in [2.24, 2.45) is 0 Å². The van der Waals surface area contributed by atoms with Crippen LogP contribution in [-0.4, -0.2) is 20.8 Å². The van der Waals surface area contributed by atoms with Gasteiger partial charge in [-0.05, 0) is 42.2 Å². The van der Waals surface area contributed by atoms with Crippen molar-refractivity contribution in [3.63, 3.8) is 0 Å². The van der Waals surface area contributed by atoms with Gasteiger partial charge in [0.25, 0.3) is 11.3 Å². The predicted octanol–water partition coefficient (Wildman–Crippen LogP) is 5.72. The van der Waals surface area contributed by atoms with E-state index in [1.54, 1.807) is 24.3 Å². The molecule has 0 unspecified atom stereocenters. The van der Waals surface area contributed by atoms with Gasteiger partial charge in [0.2, 0.25) is 0 Å². The summed E-state index contributed by atoms with van der Waals surface area (Å²) >= 11 is 11.9. The molecule has 1 aliphatic rings. The molecule has 2 N–H and O–H groups in total. The van der Waals surface area contributed by atoms with Gasteiger partial charge in [0.1, 0.15) is 0 Å². The minimum Gasteiger partial charge on any atom is -0.503 e. The summed E-state index contributed by atoms with van der Waals surface area (Å²) in [6.45, 7) is 0.121. The molecule has 0 atom stereocenters. The van der Waals surface area contributed by atoms with Crippen molar-refractivity contribution >= 4 is 29.1 Å². The number of amides is 1. The highest BCUT2D eigenvalue weighted by atomic mass is 35.5. The number of benzene rings is 2. The Labute approximate surface area is 214 Å². The second-order valence-corrected chi connectivity index (χ2v) is 9.70. The maximum absolute atomic E-state index is 13.3. The summed E-state index contributed by atoms with van der Waals surface area (Å²) in [6.07, 6.45) is -0.572. The van der Waals surface area contributed by atoms with Gasteiger partial charge >= 0.3 is 6.18 Å². The molecule has 0 saturated heterocycles. The quantitative estimate of drug-likeness (QED) is 0.419. The van der Waals surface area contributed by atoms with Crippen LogP contribution in [0.2, 0.25) is 10.0 Å². The number of nitrogens with zero attached hydrogens (tertiary/aromatic N) is 2. The highest BCUT2D eigenvalue weighted by Crippen LogP contribution is 2.44. The maximum Gasteiger partial charge on any atom is 0.416 e. The Morgan fingerprint density at radius 2 is 1.83 bits per heavy atom. The fourth-order valence-corrected chi connectivity index (χ4v) is 4.92. The molecular weight excluding hydrogens is 518 g/mol. The van der Waals surface area contributed by atoms with Crippen molar-refractivity contribution in [3.8, 4) is 5.75 Å². The second kappa shape index (κ2) is 10.1. The van der Waals surface area contributed by atoms with Crippen molar-refractivity contribution in [1.29, 1.82) is 0 Å². The van der Waals surface area contributed by atoms with E-state index in [4.69, 9.17) is 23.2 Å². The minimum atomic E-state index is -4.48. The van der Waals surface area contributed by atoms with Crippen molar-refractivity contribution in [1.82, 2.24) is 15.1 Å². The van der Waals surface area contributed by atoms with E-state index in [-0.39, 0.29) is 13.1 Å². The predicted molar refractivity (Wildman–Crippen MR) is 129 cm³/mol. The van der Waals surface area contributed by atoms with Crippen LogP contribution < -0.4 is 10.7 Å². The zero-order chi connectivity index (χ0) is 26.1. The molecule has 1 saturated carbocycles. The van der Waals surface area contributed by atoms with Crippen LogP contribution in [0.5, 0.6) is 5.75 Å². The van der Waals surface area contributed by atoms with E-state index >= 15 is 0 Å². The number of carbonyl (C=O) groups excluding carboxylic acids is 1. The van der Waals surface area contributed by atoms with Gasteiger partial charge in [-0.25, -0.2) is 0 Å². The smallest absolute Gasteiger partial charge is 0.416 e. The Hall–Kier alpha value is -3.04. The number of nitrogens with one attached hydrogen (secondary N) is 1. The lowest BCUT2D eigenvalue weighted by Crippen LogP contribution is -2.34. The van der Waals surface area contributed by atoms with Gasteiger partial charge in [0.15, 0.2) is 11.4 Å². The molecule has 36 heavy (non-hydrogen) atoms. The third kappa shape index (κ3) is 5.52. The molecule has 11 heteroatoms. The van der Waals surface area contributed by atoms with Crippen molar-refractivity contribution in [2.45, 2.75) is 50.4 Å². The van der Waals surface area contributed by atoms with E-state index in [2.05, 4.69) is 10.4 Å². The third-order valence-corrected chi connectivity index (χ3v) is 7.17. The molecule has 2 aromatic carbocycles. The van der Waals surface area contributed by atoms with Crippen molar-refractivity contribution < 1.29 is 23.1 Å². The average Bonchev–Trinajstić information content (AvgIpc) is 3.31. The van der Waals surface area contributed by atoms with Gasteiger partial charge < -0.3 is 10.4 Å². The van der Waals surface area contributed by atoms with Crippen molar-refractivity contribution in [3.05, 3.63) is 91.3 Å². The van der Waals surface area contributed by atoms with E-state index in [1.807, 2.05) is 0 Å². The number of halogens is 5. The molecule has 0 spiro atoms. The number of hydrogen-bond acceptors (Lipinski definition) is 4. The summed E-state index contributed by atoms with van der Waals surface area (Å²) in [6, 6.07) is 9.97. The molecule has 1 amide bonds. The Morgan fingerprint density at radius 3 is 2.50 bits per heavy atom. The number of rotatable bonds is 6. The highest BCUT2D eigenvalue weighted by molar-refractivity contribution is 6.42. The maximum atomic E-state index is 13.3. The molecule has 6 nitrogen and oxygen atoms in total. The van der Waals surface area contributed by atoms with E-state index in [1.165, 1.54) is 10.7 Å². The molecule has 0 bridgehead atoms. The molecule has 0 aliphatic heterocycles. The van der Waals surface area contributed by atoms with E-state index < -0.39 is 39.9 Å². The molecule has 1 aromatic heterocycles. The van der Waals surface area contributed by atoms with Crippen LogP contribution in [0, 0.1) is 0 Å². The standard InChI is InChI=1S/C25H22Cl2F3N3O3/c26-18-7-6-15(10-19(18)27)12-31-23(36)21-22(35)20(34)13-33(32-21)14-24(8-1-2-9-24)16-4-3-5-17(11-16)25(28,29)30/h3-7,10-11,13,34H,1-2,8-9,12,14H2,(H,31,36). The van der Waals surface area contributed by atoms with Gasteiger partial charge in [0.05, 0.1) is 28.4 Å². The number of aromatic nitrogens is 2.